The smallest absolute Gasteiger partial charge is 0.324 e. The lowest BCUT2D eigenvalue weighted by molar-refractivity contribution is -0.149. The zero-order valence-electron chi connectivity index (χ0n) is 5.63. The van der Waals surface area contributed by atoms with Gasteiger partial charge in [0.1, 0.15) is 12.3 Å². The molecule has 2 unspecified atom stereocenters. The van der Waals surface area contributed by atoms with Gasteiger partial charge in [-0.05, 0) is 13.8 Å². The van der Waals surface area contributed by atoms with Gasteiger partial charge < -0.3 is 10.5 Å². The summed E-state index contributed by atoms with van der Waals surface area (Å²) in [5.74, 6) is -0.468. The number of hydrogen-bond donors (Lipinski definition) is 2. The highest BCUT2D eigenvalue weighted by Crippen LogP contribution is 1.85. The standard InChI is InChI=1S/C5H12N2O2/c1-3(6)5(8)9-4(2)7/h3-4H,6-7H2,1-2H3. The Morgan fingerprint density at radius 3 is 2.00 bits per heavy atom. The van der Waals surface area contributed by atoms with Crippen LogP contribution in [0.5, 0.6) is 0 Å². The summed E-state index contributed by atoms with van der Waals surface area (Å²) in [5, 5.41) is 0. The maximum Gasteiger partial charge on any atom is 0.324 e. The average molecular weight is 132 g/mol. The summed E-state index contributed by atoms with van der Waals surface area (Å²) in [6.45, 7) is 3.12. The van der Waals surface area contributed by atoms with Gasteiger partial charge in [-0.2, -0.15) is 0 Å². The first-order chi connectivity index (χ1) is 4.04. The Hall–Kier alpha value is -0.610. The van der Waals surface area contributed by atoms with Crippen molar-refractivity contribution in [2.45, 2.75) is 26.1 Å². The Bertz CT molecular complexity index is 101. The molecule has 0 rings (SSSR count). The van der Waals surface area contributed by atoms with Crippen LogP contribution >= 0.6 is 0 Å². The van der Waals surface area contributed by atoms with E-state index >= 15 is 0 Å². The molecule has 0 bridgehead atoms. The predicted molar refractivity (Wildman–Crippen MR) is 33.4 cm³/mol. The Morgan fingerprint density at radius 2 is 1.89 bits per heavy atom. The van der Waals surface area contributed by atoms with E-state index in [1.54, 1.807) is 13.8 Å². The first kappa shape index (κ1) is 8.39. The lowest BCUT2D eigenvalue weighted by Gasteiger charge is -2.08. The molecular weight excluding hydrogens is 120 g/mol. The molecule has 4 N–H and O–H groups in total. The zero-order valence-corrected chi connectivity index (χ0v) is 5.63. The van der Waals surface area contributed by atoms with E-state index in [-0.39, 0.29) is 0 Å². The zero-order chi connectivity index (χ0) is 7.44. The van der Waals surface area contributed by atoms with Gasteiger partial charge >= 0.3 is 5.97 Å². The van der Waals surface area contributed by atoms with Gasteiger partial charge in [-0.25, -0.2) is 0 Å². The summed E-state index contributed by atoms with van der Waals surface area (Å²) in [6.07, 6.45) is -0.566. The van der Waals surface area contributed by atoms with Crippen molar-refractivity contribution in [2.75, 3.05) is 0 Å². The molecule has 0 heterocycles. The molecule has 0 radical (unpaired) electrons. The van der Waals surface area contributed by atoms with Crippen LogP contribution in [0.25, 0.3) is 0 Å². The van der Waals surface area contributed by atoms with Gasteiger partial charge in [-0.15, -0.1) is 0 Å². The van der Waals surface area contributed by atoms with Crippen LogP contribution in [-0.2, 0) is 9.53 Å². The molecule has 0 aliphatic heterocycles. The second kappa shape index (κ2) is 3.42. The molecule has 9 heavy (non-hydrogen) atoms. The normalized spacial score (nSPS) is 16.4. The molecule has 0 saturated carbocycles. The molecule has 0 aliphatic carbocycles. The van der Waals surface area contributed by atoms with Crippen LogP contribution in [0, 0.1) is 0 Å². The van der Waals surface area contributed by atoms with Crippen molar-refractivity contribution in [3.63, 3.8) is 0 Å². The molecule has 54 valence electrons. The van der Waals surface area contributed by atoms with Crippen molar-refractivity contribution in [3.05, 3.63) is 0 Å². The van der Waals surface area contributed by atoms with E-state index in [0.29, 0.717) is 0 Å². The van der Waals surface area contributed by atoms with Crippen LogP contribution in [0.3, 0.4) is 0 Å². The van der Waals surface area contributed by atoms with Gasteiger partial charge in [0.15, 0.2) is 0 Å². The molecule has 4 nitrogen and oxygen atoms in total. The number of carbonyl (C=O) groups is 1. The van der Waals surface area contributed by atoms with E-state index in [1.165, 1.54) is 0 Å². The predicted octanol–water partition coefficient (Wildman–Crippen LogP) is -0.818. The Morgan fingerprint density at radius 1 is 1.44 bits per heavy atom. The number of esters is 1. The van der Waals surface area contributed by atoms with Crippen molar-refractivity contribution in [1.82, 2.24) is 0 Å². The number of ether oxygens (including phenoxy) is 1. The van der Waals surface area contributed by atoms with Crippen molar-refractivity contribution in [1.29, 1.82) is 0 Å². The number of hydrogen-bond acceptors (Lipinski definition) is 4. The molecule has 0 fully saturated rings. The van der Waals surface area contributed by atoms with E-state index in [9.17, 15) is 4.79 Å². The fraction of sp³-hybridized carbons (Fsp3) is 0.800. The molecule has 0 aromatic rings. The quantitative estimate of drug-likeness (QED) is 0.380. The summed E-state index contributed by atoms with van der Waals surface area (Å²) in [6, 6.07) is -0.587. The first-order valence-corrected chi connectivity index (χ1v) is 2.75. The largest absolute Gasteiger partial charge is 0.446 e. The topological polar surface area (TPSA) is 78.3 Å². The minimum atomic E-state index is -0.587. The number of carbonyl (C=O) groups excluding carboxylic acids is 1. The summed E-state index contributed by atoms with van der Waals surface area (Å²) >= 11 is 0. The lowest BCUT2D eigenvalue weighted by Crippen LogP contribution is -2.34. The third-order valence-electron chi connectivity index (χ3n) is 0.674. The highest BCUT2D eigenvalue weighted by Gasteiger charge is 2.09. The van der Waals surface area contributed by atoms with Gasteiger partial charge in [-0.3, -0.25) is 10.5 Å². The van der Waals surface area contributed by atoms with Gasteiger partial charge in [-0.1, -0.05) is 0 Å². The second-order valence-corrected chi connectivity index (χ2v) is 1.93. The maximum atomic E-state index is 10.5. The molecule has 0 aromatic carbocycles. The van der Waals surface area contributed by atoms with Crippen LogP contribution in [0.1, 0.15) is 13.8 Å². The van der Waals surface area contributed by atoms with Gasteiger partial charge in [0.25, 0.3) is 0 Å². The minimum absolute atomic E-state index is 0.468. The molecular formula is C5H12N2O2. The van der Waals surface area contributed by atoms with Gasteiger partial charge in [0, 0.05) is 0 Å². The Kier molecular flexibility index (Phi) is 3.19. The fourth-order valence-corrected chi connectivity index (χ4v) is 0.291. The van der Waals surface area contributed by atoms with Crippen molar-refractivity contribution >= 4 is 5.97 Å². The van der Waals surface area contributed by atoms with E-state index in [4.69, 9.17) is 11.5 Å². The molecule has 4 heteroatoms. The highest BCUT2D eigenvalue weighted by molar-refractivity contribution is 5.74. The minimum Gasteiger partial charge on any atom is -0.446 e. The second-order valence-electron chi connectivity index (χ2n) is 1.93. The number of nitrogens with two attached hydrogens (primary N) is 2. The summed E-state index contributed by atoms with van der Waals surface area (Å²) in [7, 11) is 0. The molecule has 0 saturated heterocycles. The van der Waals surface area contributed by atoms with Crippen LogP contribution in [-0.4, -0.2) is 18.2 Å². The average Bonchev–Trinajstić information content (AvgIpc) is 1.63. The van der Waals surface area contributed by atoms with E-state index in [2.05, 4.69) is 4.74 Å². The SMILES string of the molecule is CC(N)OC(=O)C(C)N. The van der Waals surface area contributed by atoms with Gasteiger partial charge in [0.2, 0.25) is 0 Å². The third-order valence-corrected chi connectivity index (χ3v) is 0.674. The molecule has 2 atom stereocenters. The van der Waals surface area contributed by atoms with Crippen LogP contribution in [0.4, 0.5) is 0 Å². The number of rotatable bonds is 2. The van der Waals surface area contributed by atoms with Crippen molar-refractivity contribution in [3.8, 4) is 0 Å². The van der Waals surface area contributed by atoms with E-state index in [1.807, 2.05) is 0 Å². The Balaban J connectivity index is 3.51. The first-order valence-electron chi connectivity index (χ1n) is 2.75. The fourth-order valence-electron chi connectivity index (χ4n) is 0.291. The molecule has 0 spiro atoms. The van der Waals surface area contributed by atoms with Crippen molar-refractivity contribution in [2.24, 2.45) is 11.5 Å². The molecule has 0 amide bonds. The molecule has 0 aromatic heterocycles. The van der Waals surface area contributed by atoms with Crippen molar-refractivity contribution < 1.29 is 9.53 Å². The van der Waals surface area contributed by atoms with Gasteiger partial charge in [0.05, 0.1) is 0 Å². The van der Waals surface area contributed by atoms with Crippen LogP contribution in [0.15, 0.2) is 0 Å². The van der Waals surface area contributed by atoms with Crippen LogP contribution < -0.4 is 11.5 Å². The lowest BCUT2D eigenvalue weighted by atomic mass is 10.4. The highest BCUT2D eigenvalue weighted by atomic mass is 16.6. The van der Waals surface area contributed by atoms with E-state index in [0.717, 1.165) is 0 Å². The summed E-state index contributed by atoms with van der Waals surface area (Å²) in [4.78, 5) is 10.5. The van der Waals surface area contributed by atoms with E-state index < -0.39 is 18.2 Å². The van der Waals surface area contributed by atoms with Crippen LogP contribution in [0.2, 0.25) is 0 Å². The summed E-state index contributed by atoms with van der Waals surface area (Å²) in [5.41, 5.74) is 10.3. The Labute approximate surface area is 54.2 Å². The summed E-state index contributed by atoms with van der Waals surface area (Å²) < 4.78 is 4.53. The monoisotopic (exact) mass is 132 g/mol. The molecule has 0 aliphatic rings. The maximum absolute atomic E-state index is 10.5. The third kappa shape index (κ3) is 3.93.